The van der Waals surface area contributed by atoms with Crippen LogP contribution in [0.4, 0.5) is 0 Å². The van der Waals surface area contributed by atoms with Crippen molar-refractivity contribution in [2.45, 2.75) is 56.3 Å². The average Bonchev–Trinajstić information content (AvgIpc) is 3.09. The van der Waals surface area contributed by atoms with E-state index in [1.165, 1.54) is 10.5 Å². The minimum absolute atomic E-state index is 0.216. The highest BCUT2D eigenvalue weighted by atomic mass is 32.2. The molecule has 2 aliphatic rings. The molecular weight excluding hydrogens is 306 g/mol. The van der Waals surface area contributed by atoms with E-state index in [1.54, 1.807) is 11.6 Å². The van der Waals surface area contributed by atoms with E-state index in [9.17, 15) is 13.5 Å². The summed E-state index contributed by atoms with van der Waals surface area (Å²) in [5, 5.41) is 14.4. The number of aryl methyl sites for hydroxylation is 1. The van der Waals surface area contributed by atoms with Crippen LogP contribution >= 0.6 is 0 Å². The normalized spacial score (nSPS) is 30.2. The third-order valence-electron chi connectivity index (χ3n) is 4.81. The second kappa shape index (κ2) is 5.59. The highest BCUT2D eigenvalue weighted by Crippen LogP contribution is 2.37. The summed E-state index contributed by atoms with van der Waals surface area (Å²) in [5.41, 5.74) is -0.0880. The second-order valence-corrected chi connectivity index (χ2v) is 7.98. The number of ether oxygens (including phenoxy) is 1. The van der Waals surface area contributed by atoms with Crippen LogP contribution < -0.4 is 0 Å². The summed E-state index contributed by atoms with van der Waals surface area (Å²) in [6.07, 6.45) is 2.79. The van der Waals surface area contributed by atoms with Crippen molar-refractivity contribution in [3.8, 4) is 0 Å². The van der Waals surface area contributed by atoms with Gasteiger partial charge in [0, 0.05) is 26.2 Å². The summed E-state index contributed by atoms with van der Waals surface area (Å²) in [5.74, 6) is 0. The molecule has 3 rings (SSSR count). The molecule has 2 atom stereocenters. The summed E-state index contributed by atoms with van der Waals surface area (Å²) in [6.45, 7) is 5.43. The Kier molecular flexibility index (Phi) is 4.05. The van der Waals surface area contributed by atoms with Gasteiger partial charge in [-0.3, -0.25) is 4.68 Å². The molecule has 2 fully saturated rings. The SMILES string of the molecule is CCn1ncc(S(=O)(=O)N2CC[C@H](O)[C@]3(CCCO3)C2)c1C. The van der Waals surface area contributed by atoms with Crippen molar-refractivity contribution in [2.24, 2.45) is 0 Å². The van der Waals surface area contributed by atoms with Gasteiger partial charge in [-0.25, -0.2) is 8.42 Å². The molecule has 3 heterocycles. The largest absolute Gasteiger partial charge is 0.390 e. The number of aromatic nitrogens is 2. The number of hydrogen-bond acceptors (Lipinski definition) is 5. The predicted octanol–water partition coefficient (Wildman–Crippen LogP) is 0.516. The van der Waals surface area contributed by atoms with Crippen molar-refractivity contribution in [3.63, 3.8) is 0 Å². The molecule has 1 aromatic rings. The van der Waals surface area contributed by atoms with Crippen LogP contribution in [0.5, 0.6) is 0 Å². The fraction of sp³-hybridized carbons (Fsp3) is 0.786. The van der Waals surface area contributed by atoms with Gasteiger partial charge in [0.15, 0.2) is 0 Å². The zero-order valence-corrected chi connectivity index (χ0v) is 13.8. The van der Waals surface area contributed by atoms with Gasteiger partial charge in [0.05, 0.1) is 18.0 Å². The molecule has 2 aliphatic heterocycles. The van der Waals surface area contributed by atoms with E-state index in [0.717, 1.165) is 6.42 Å². The smallest absolute Gasteiger partial charge is 0.246 e. The molecule has 8 heteroatoms. The lowest BCUT2D eigenvalue weighted by atomic mass is 9.88. The van der Waals surface area contributed by atoms with Crippen LogP contribution in [-0.4, -0.2) is 59.0 Å². The molecule has 22 heavy (non-hydrogen) atoms. The van der Waals surface area contributed by atoms with Gasteiger partial charge < -0.3 is 9.84 Å². The highest BCUT2D eigenvalue weighted by Gasteiger charge is 2.49. The Hall–Kier alpha value is -0.960. The minimum Gasteiger partial charge on any atom is -0.390 e. The van der Waals surface area contributed by atoms with Gasteiger partial charge in [0.1, 0.15) is 10.5 Å². The molecule has 0 aromatic carbocycles. The lowest BCUT2D eigenvalue weighted by molar-refractivity contribution is -0.117. The molecule has 0 unspecified atom stereocenters. The van der Waals surface area contributed by atoms with Crippen molar-refractivity contribution in [3.05, 3.63) is 11.9 Å². The Balaban J connectivity index is 1.90. The second-order valence-electron chi connectivity index (χ2n) is 6.07. The summed E-state index contributed by atoms with van der Waals surface area (Å²) in [6, 6.07) is 0. The summed E-state index contributed by atoms with van der Waals surface area (Å²) < 4.78 is 34.7. The van der Waals surface area contributed by atoms with Gasteiger partial charge in [0.2, 0.25) is 10.0 Å². The van der Waals surface area contributed by atoms with Crippen LogP contribution in [0.1, 0.15) is 31.9 Å². The lowest BCUT2D eigenvalue weighted by Gasteiger charge is -2.42. The van der Waals surface area contributed by atoms with E-state index in [2.05, 4.69) is 5.10 Å². The predicted molar refractivity (Wildman–Crippen MR) is 79.9 cm³/mol. The maximum Gasteiger partial charge on any atom is 0.246 e. The first-order chi connectivity index (χ1) is 10.4. The average molecular weight is 329 g/mol. The molecule has 1 spiro atoms. The van der Waals surface area contributed by atoms with E-state index in [1.807, 2.05) is 6.92 Å². The zero-order valence-electron chi connectivity index (χ0n) is 13.0. The van der Waals surface area contributed by atoms with Gasteiger partial charge >= 0.3 is 0 Å². The molecule has 2 saturated heterocycles. The third-order valence-corrected chi connectivity index (χ3v) is 6.76. The monoisotopic (exact) mass is 329 g/mol. The molecular formula is C14H23N3O4S. The molecule has 124 valence electrons. The highest BCUT2D eigenvalue weighted by molar-refractivity contribution is 7.89. The van der Waals surface area contributed by atoms with Crippen molar-refractivity contribution in [1.82, 2.24) is 14.1 Å². The van der Waals surface area contributed by atoms with E-state index < -0.39 is 21.7 Å². The maximum absolute atomic E-state index is 12.9. The van der Waals surface area contributed by atoms with Crippen LogP contribution in [0, 0.1) is 6.92 Å². The number of hydrogen-bond donors (Lipinski definition) is 1. The Morgan fingerprint density at radius 3 is 2.91 bits per heavy atom. The van der Waals surface area contributed by atoms with Crippen LogP contribution in [0.15, 0.2) is 11.1 Å². The van der Waals surface area contributed by atoms with Crippen molar-refractivity contribution in [2.75, 3.05) is 19.7 Å². The molecule has 0 bridgehead atoms. The van der Waals surface area contributed by atoms with Gasteiger partial charge in [-0.1, -0.05) is 0 Å². The summed E-state index contributed by atoms with van der Waals surface area (Å²) >= 11 is 0. The molecule has 0 saturated carbocycles. The topological polar surface area (TPSA) is 84.7 Å². The standard InChI is InChI=1S/C14H23N3O4S/c1-3-17-11(2)12(9-15-17)22(19,20)16-7-5-13(18)14(10-16)6-4-8-21-14/h9,13,18H,3-8,10H2,1-2H3/t13-,14-/m0/s1. The number of aliphatic hydroxyl groups is 1. The van der Waals surface area contributed by atoms with E-state index in [-0.39, 0.29) is 11.4 Å². The fourth-order valence-corrected chi connectivity index (χ4v) is 5.14. The van der Waals surface area contributed by atoms with Gasteiger partial charge in [-0.15, -0.1) is 0 Å². The van der Waals surface area contributed by atoms with E-state index >= 15 is 0 Å². The van der Waals surface area contributed by atoms with Gasteiger partial charge in [-0.2, -0.15) is 9.40 Å². The Labute approximate surface area is 130 Å². The number of sulfonamides is 1. The Morgan fingerprint density at radius 1 is 1.55 bits per heavy atom. The molecule has 0 amide bonds. The number of piperidine rings is 1. The van der Waals surface area contributed by atoms with E-state index in [0.29, 0.717) is 38.2 Å². The third kappa shape index (κ3) is 2.38. The minimum atomic E-state index is -3.61. The molecule has 1 aromatic heterocycles. The lowest BCUT2D eigenvalue weighted by Crippen LogP contribution is -2.57. The van der Waals surface area contributed by atoms with Crippen molar-refractivity contribution < 1.29 is 18.3 Å². The molecule has 7 nitrogen and oxygen atoms in total. The quantitative estimate of drug-likeness (QED) is 0.874. The van der Waals surface area contributed by atoms with Crippen molar-refractivity contribution in [1.29, 1.82) is 0 Å². The number of rotatable bonds is 3. The number of aliphatic hydroxyl groups excluding tert-OH is 1. The Morgan fingerprint density at radius 2 is 2.32 bits per heavy atom. The first-order valence-electron chi connectivity index (χ1n) is 7.75. The van der Waals surface area contributed by atoms with E-state index in [4.69, 9.17) is 4.74 Å². The summed E-state index contributed by atoms with van der Waals surface area (Å²) in [7, 11) is -3.61. The first-order valence-corrected chi connectivity index (χ1v) is 9.19. The Bertz CT molecular complexity index is 649. The first kappa shape index (κ1) is 15.9. The van der Waals surface area contributed by atoms with Crippen molar-refractivity contribution >= 4 is 10.0 Å². The van der Waals surface area contributed by atoms with Crippen LogP contribution in [-0.2, 0) is 21.3 Å². The van der Waals surface area contributed by atoms with Gasteiger partial charge in [-0.05, 0) is 33.1 Å². The van der Waals surface area contributed by atoms with Crippen LogP contribution in [0.2, 0.25) is 0 Å². The van der Waals surface area contributed by atoms with Crippen LogP contribution in [0.25, 0.3) is 0 Å². The zero-order chi connectivity index (χ0) is 16.0. The maximum atomic E-state index is 12.9. The molecule has 0 aliphatic carbocycles. The van der Waals surface area contributed by atoms with Crippen LogP contribution in [0.3, 0.4) is 0 Å². The molecule has 1 N–H and O–H groups in total. The molecule has 0 radical (unpaired) electrons. The summed E-state index contributed by atoms with van der Waals surface area (Å²) in [4.78, 5) is 0.249. The van der Waals surface area contributed by atoms with Gasteiger partial charge in [0.25, 0.3) is 0 Å². The number of nitrogens with zero attached hydrogens (tertiary/aromatic N) is 3. The fourth-order valence-electron chi connectivity index (χ4n) is 3.46.